The quantitative estimate of drug-likeness (QED) is 0.437. The van der Waals surface area contributed by atoms with E-state index in [-0.39, 0.29) is 52.1 Å². The van der Waals surface area contributed by atoms with E-state index in [1.807, 2.05) is 11.0 Å². The fourth-order valence-corrected chi connectivity index (χ4v) is 2.73. The predicted molar refractivity (Wildman–Crippen MR) is 93.0 cm³/mol. The van der Waals surface area contributed by atoms with Gasteiger partial charge in [0, 0.05) is 64.4 Å². The van der Waals surface area contributed by atoms with E-state index < -0.39 is 0 Å². The average molecular weight is 409 g/mol. The molecule has 1 fully saturated rings. The van der Waals surface area contributed by atoms with Crippen LogP contribution in [0.1, 0.15) is 25.8 Å². The van der Waals surface area contributed by atoms with Crippen molar-refractivity contribution in [2.75, 3.05) is 13.1 Å². The van der Waals surface area contributed by atoms with Gasteiger partial charge in [0.2, 0.25) is 0 Å². The molecular weight excluding hydrogens is 383 g/mol. The summed E-state index contributed by atoms with van der Waals surface area (Å²) in [6, 6.07) is 11.2. The summed E-state index contributed by atoms with van der Waals surface area (Å²) in [5, 5.41) is 9.00. The summed E-state index contributed by atoms with van der Waals surface area (Å²) in [4.78, 5) is 24.3. The van der Waals surface area contributed by atoms with Crippen molar-refractivity contribution in [1.82, 2.24) is 9.80 Å². The van der Waals surface area contributed by atoms with Gasteiger partial charge in [-0.15, -0.1) is 11.8 Å². The molecule has 0 N–H and O–H groups in total. The predicted octanol–water partition coefficient (Wildman–Crippen LogP) is 3.03. The second kappa shape index (κ2) is 13.4. The van der Waals surface area contributed by atoms with Crippen LogP contribution in [0.3, 0.4) is 0 Å². The number of carbonyl (C=O) groups excluding carboxylic acids is 1. The normalized spacial score (nSPS) is 19.9. The molecule has 2 unspecified atom stereocenters. The first kappa shape index (κ1) is 25.4. The molecule has 1 heterocycles. The van der Waals surface area contributed by atoms with E-state index in [1.165, 1.54) is 5.56 Å². The molecule has 0 bridgehead atoms. The minimum atomic E-state index is 0. The van der Waals surface area contributed by atoms with E-state index in [1.54, 1.807) is 0 Å². The monoisotopic (exact) mass is 409 g/mol. The topological polar surface area (TPSA) is 76.0 Å². The van der Waals surface area contributed by atoms with Crippen LogP contribution in [0.15, 0.2) is 35.7 Å². The fourth-order valence-electron chi connectivity index (χ4n) is 2.73. The number of amides is 1. The van der Waals surface area contributed by atoms with Gasteiger partial charge < -0.3 is 29.4 Å². The second-order valence-corrected chi connectivity index (χ2v) is 5.48. The number of carbonyl (C=O) groups is 1. The maximum absolute atomic E-state index is 11.8. The number of hydrogen-bond acceptors (Lipinski definition) is 5. The average Bonchev–Trinajstić information content (AvgIpc) is 2.51. The SMILES string of the molecule is O=N[O-].[CH2-]CC(=O)N1CC(C)N(Cc2ccccc2)CC1C.[CH3-].[Y]. The van der Waals surface area contributed by atoms with E-state index in [4.69, 9.17) is 10.1 Å². The molecule has 1 aromatic carbocycles. The van der Waals surface area contributed by atoms with Gasteiger partial charge in [-0.25, -0.2) is 0 Å². The summed E-state index contributed by atoms with van der Waals surface area (Å²) in [6.07, 6.45) is 0.357. The van der Waals surface area contributed by atoms with Crippen LogP contribution in [0.25, 0.3) is 0 Å². The van der Waals surface area contributed by atoms with Crippen molar-refractivity contribution in [2.45, 2.75) is 38.9 Å². The molecule has 6 nitrogen and oxygen atoms in total. The molecule has 2 rings (SSSR count). The molecule has 0 spiro atoms. The van der Waals surface area contributed by atoms with Crippen LogP contribution in [0.2, 0.25) is 0 Å². The maximum Gasteiger partial charge on any atom is 0.192 e. The Morgan fingerprint density at radius 2 is 1.79 bits per heavy atom. The molecule has 1 amide bonds. The smallest absolute Gasteiger partial charge is 0.192 e. The van der Waals surface area contributed by atoms with Crippen LogP contribution in [0, 0.1) is 24.5 Å². The minimum absolute atomic E-state index is 0. The van der Waals surface area contributed by atoms with E-state index in [0.29, 0.717) is 12.5 Å². The van der Waals surface area contributed by atoms with Crippen molar-refractivity contribution in [3.05, 3.63) is 60.4 Å². The summed E-state index contributed by atoms with van der Waals surface area (Å²) < 4.78 is 0. The Kier molecular flexibility index (Phi) is 14.2. The third kappa shape index (κ3) is 7.82. The molecule has 1 radical (unpaired) electrons. The standard InChI is InChI=1S/C16H23N2O.CH3.HNO2.Y/c1-4-16(19)18-11-13(2)17(10-14(18)3)12-15-8-6-5-7-9-15;;2-1-3;/h5-9,13-14H,1,4,10-12H2,2-3H3;1H3;(H,2,3);/q2*-1;;/p-1. The van der Waals surface area contributed by atoms with Gasteiger partial charge >= 0.3 is 0 Å². The van der Waals surface area contributed by atoms with Crippen LogP contribution in [0.5, 0.6) is 0 Å². The van der Waals surface area contributed by atoms with Gasteiger partial charge in [-0.1, -0.05) is 30.3 Å². The van der Waals surface area contributed by atoms with Gasteiger partial charge in [-0.3, -0.25) is 9.69 Å². The van der Waals surface area contributed by atoms with Crippen molar-refractivity contribution in [2.24, 2.45) is 5.34 Å². The van der Waals surface area contributed by atoms with Crippen molar-refractivity contribution in [1.29, 1.82) is 0 Å². The summed E-state index contributed by atoms with van der Waals surface area (Å²) in [7, 11) is 0. The Bertz CT molecular complexity index is 473. The summed E-state index contributed by atoms with van der Waals surface area (Å²) in [5.74, 6) is 0.165. The zero-order valence-corrected chi connectivity index (χ0v) is 17.6. The number of piperazine rings is 1. The van der Waals surface area contributed by atoms with Crippen molar-refractivity contribution in [3.63, 3.8) is 0 Å². The number of hydrogen-bond donors (Lipinski definition) is 0. The molecule has 1 aliphatic rings. The number of rotatable bonds is 3. The first-order valence-corrected chi connectivity index (χ1v) is 7.35. The first-order valence-electron chi connectivity index (χ1n) is 7.35. The molecule has 133 valence electrons. The summed E-state index contributed by atoms with van der Waals surface area (Å²) in [6.45, 7) is 10.7. The van der Waals surface area contributed by atoms with Gasteiger partial charge in [-0.05, 0) is 19.4 Å². The van der Waals surface area contributed by atoms with Crippen LogP contribution >= 0.6 is 0 Å². The number of nitrogens with zero attached hydrogens (tertiary/aromatic N) is 3. The van der Waals surface area contributed by atoms with E-state index in [2.05, 4.69) is 49.9 Å². The molecule has 24 heavy (non-hydrogen) atoms. The molecule has 0 aromatic heterocycles. The zero-order chi connectivity index (χ0) is 16.5. The number of benzene rings is 1. The third-order valence-electron chi connectivity index (χ3n) is 3.88. The fraction of sp³-hybridized carbons (Fsp3) is 0.471. The van der Waals surface area contributed by atoms with E-state index in [9.17, 15) is 4.79 Å². The summed E-state index contributed by atoms with van der Waals surface area (Å²) in [5.41, 5.74) is 1.33. The van der Waals surface area contributed by atoms with E-state index in [0.717, 1.165) is 25.0 Å². The van der Waals surface area contributed by atoms with Gasteiger partial charge in [-0.2, -0.15) is 0 Å². The Balaban J connectivity index is 0. The molecule has 0 aliphatic carbocycles. The molecule has 1 saturated heterocycles. The van der Waals surface area contributed by atoms with Gasteiger partial charge in [0.25, 0.3) is 0 Å². The molecule has 1 aliphatic heterocycles. The molecular formula is C17H26N3O3Y-3. The zero-order valence-electron chi connectivity index (χ0n) is 14.7. The van der Waals surface area contributed by atoms with Crippen LogP contribution in [0.4, 0.5) is 0 Å². The Labute approximate surface area is 170 Å². The molecule has 2 atom stereocenters. The Morgan fingerprint density at radius 3 is 2.29 bits per heavy atom. The van der Waals surface area contributed by atoms with E-state index >= 15 is 0 Å². The summed E-state index contributed by atoms with van der Waals surface area (Å²) >= 11 is 0. The van der Waals surface area contributed by atoms with Crippen molar-refractivity contribution in [3.8, 4) is 0 Å². The van der Waals surface area contributed by atoms with Crippen molar-refractivity contribution >= 4 is 5.91 Å². The first-order chi connectivity index (χ1) is 10.5. The molecule has 0 saturated carbocycles. The second-order valence-electron chi connectivity index (χ2n) is 5.48. The Morgan fingerprint density at radius 1 is 1.25 bits per heavy atom. The minimum Gasteiger partial charge on any atom is -0.444 e. The van der Waals surface area contributed by atoms with Gasteiger partial charge in [0.15, 0.2) is 5.91 Å². The van der Waals surface area contributed by atoms with Gasteiger partial charge in [0.05, 0.1) is 0 Å². The van der Waals surface area contributed by atoms with Gasteiger partial charge in [0.1, 0.15) is 0 Å². The molecule has 1 aromatic rings. The van der Waals surface area contributed by atoms with Crippen molar-refractivity contribution < 1.29 is 37.5 Å². The van der Waals surface area contributed by atoms with Crippen LogP contribution in [-0.2, 0) is 44.0 Å². The van der Waals surface area contributed by atoms with Crippen LogP contribution < -0.4 is 0 Å². The Hall–Kier alpha value is -0.846. The largest absolute Gasteiger partial charge is 0.444 e. The van der Waals surface area contributed by atoms with Crippen LogP contribution in [-0.4, -0.2) is 40.9 Å². The third-order valence-corrected chi connectivity index (χ3v) is 3.88. The molecule has 7 heteroatoms. The maximum atomic E-state index is 11.8.